The maximum atomic E-state index is 13.1. The van der Waals surface area contributed by atoms with Crippen molar-refractivity contribution in [1.82, 2.24) is 15.0 Å². The Labute approximate surface area is 161 Å². The highest BCUT2D eigenvalue weighted by molar-refractivity contribution is 6.02. The van der Waals surface area contributed by atoms with Crippen molar-refractivity contribution >= 4 is 33.5 Å². The van der Waals surface area contributed by atoms with Crippen molar-refractivity contribution in [1.29, 1.82) is 0 Å². The molecular formula is C22H20N4O2. The molecule has 0 bridgehead atoms. The summed E-state index contributed by atoms with van der Waals surface area (Å²) in [6.45, 7) is 2.01. The molecule has 3 atom stereocenters. The molecule has 6 heteroatoms. The van der Waals surface area contributed by atoms with Gasteiger partial charge in [-0.2, -0.15) is 0 Å². The van der Waals surface area contributed by atoms with Gasteiger partial charge in [0.2, 0.25) is 0 Å². The second kappa shape index (κ2) is 6.42. The fourth-order valence-corrected chi connectivity index (χ4v) is 4.38. The second-order valence-electron chi connectivity index (χ2n) is 7.19. The summed E-state index contributed by atoms with van der Waals surface area (Å²) in [4.78, 5) is 26.6. The van der Waals surface area contributed by atoms with Gasteiger partial charge in [-0.1, -0.05) is 25.1 Å². The van der Waals surface area contributed by atoms with Crippen LogP contribution in [0.25, 0.3) is 21.9 Å². The number of hydrogen-bond donors (Lipinski definition) is 2. The number of amides is 1. The Morgan fingerprint density at radius 2 is 1.96 bits per heavy atom. The van der Waals surface area contributed by atoms with Gasteiger partial charge in [0.05, 0.1) is 28.9 Å². The van der Waals surface area contributed by atoms with E-state index >= 15 is 0 Å². The molecule has 0 aliphatic carbocycles. The monoisotopic (exact) mass is 372 g/mol. The van der Waals surface area contributed by atoms with Gasteiger partial charge in [0, 0.05) is 23.2 Å². The number of aliphatic hydroxyl groups excluding tert-OH is 1. The first kappa shape index (κ1) is 16.9. The lowest BCUT2D eigenvalue weighted by atomic mass is 9.88. The van der Waals surface area contributed by atoms with Gasteiger partial charge in [-0.25, -0.2) is 4.98 Å². The normalized spacial score (nSPS) is 22.4. The van der Waals surface area contributed by atoms with Gasteiger partial charge >= 0.3 is 0 Å². The Balaban J connectivity index is 1.72. The van der Waals surface area contributed by atoms with Gasteiger partial charge in [0.15, 0.2) is 0 Å². The van der Waals surface area contributed by atoms with E-state index in [4.69, 9.17) is 0 Å². The molecule has 0 radical (unpaired) electrons. The average Bonchev–Trinajstić information content (AvgIpc) is 3.29. The molecule has 1 saturated heterocycles. The molecule has 0 spiro atoms. The molecule has 0 saturated carbocycles. The fraction of sp³-hybridized carbons (Fsp3) is 0.227. The van der Waals surface area contributed by atoms with Crippen molar-refractivity contribution in [2.45, 2.75) is 25.5 Å². The summed E-state index contributed by atoms with van der Waals surface area (Å²) in [5, 5.41) is 11.7. The van der Waals surface area contributed by atoms with Crippen LogP contribution in [0.3, 0.4) is 0 Å². The van der Waals surface area contributed by atoms with Crippen LogP contribution in [0, 0.1) is 5.92 Å². The first-order valence-corrected chi connectivity index (χ1v) is 9.47. The molecule has 1 aliphatic rings. The molecule has 140 valence electrons. The molecule has 1 aliphatic heterocycles. The highest BCUT2D eigenvalue weighted by Gasteiger charge is 2.48. The van der Waals surface area contributed by atoms with E-state index in [1.807, 2.05) is 55.5 Å². The lowest BCUT2D eigenvalue weighted by Crippen LogP contribution is -2.30. The van der Waals surface area contributed by atoms with Crippen LogP contribution in [-0.2, 0) is 4.79 Å². The predicted molar refractivity (Wildman–Crippen MR) is 108 cm³/mol. The third kappa shape index (κ3) is 2.42. The van der Waals surface area contributed by atoms with E-state index < -0.39 is 6.10 Å². The maximum Gasteiger partial charge on any atom is 0.256 e. The average molecular weight is 372 g/mol. The van der Waals surface area contributed by atoms with Crippen molar-refractivity contribution in [2.24, 2.45) is 5.92 Å². The topological polar surface area (TPSA) is 82.1 Å². The van der Waals surface area contributed by atoms with Gasteiger partial charge in [0.25, 0.3) is 5.91 Å². The summed E-state index contributed by atoms with van der Waals surface area (Å²) in [5.41, 5.74) is 4.34. The minimum atomic E-state index is -1.03. The van der Waals surface area contributed by atoms with Crippen molar-refractivity contribution in [3.63, 3.8) is 0 Å². The molecule has 6 nitrogen and oxygen atoms in total. The Kier molecular flexibility index (Phi) is 3.87. The fourth-order valence-electron chi connectivity index (χ4n) is 4.38. The van der Waals surface area contributed by atoms with Gasteiger partial charge in [0.1, 0.15) is 6.10 Å². The highest BCUT2D eigenvalue weighted by atomic mass is 16.3. The van der Waals surface area contributed by atoms with Crippen molar-refractivity contribution in [3.05, 3.63) is 66.6 Å². The van der Waals surface area contributed by atoms with Crippen LogP contribution >= 0.6 is 0 Å². The number of nitrogens with one attached hydrogen (secondary N) is 1. The Bertz CT molecular complexity index is 1180. The van der Waals surface area contributed by atoms with Crippen LogP contribution in [0.5, 0.6) is 0 Å². The molecule has 1 fully saturated rings. The number of anilines is 1. The largest absolute Gasteiger partial charge is 0.383 e. The van der Waals surface area contributed by atoms with Crippen LogP contribution in [-0.4, -0.2) is 32.1 Å². The third-order valence-corrected chi connectivity index (χ3v) is 5.73. The molecular weight excluding hydrogens is 352 g/mol. The number of carbonyl (C=O) groups is 1. The lowest BCUT2D eigenvalue weighted by Gasteiger charge is -2.29. The van der Waals surface area contributed by atoms with Crippen molar-refractivity contribution < 1.29 is 9.90 Å². The van der Waals surface area contributed by atoms with Crippen LogP contribution < -0.4 is 4.90 Å². The number of hydrogen-bond acceptors (Lipinski definition) is 4. The number of fused-ring (bicyclic) bond motifs is 2. The lowest BCUT2D eigenvalue weighted by molar-refractivity contribution is -0.125. The Morgan fingerprint density at radius 3 is 2.82 bits per heavy atom. The molecule has 3 heterocycles. The third-order valence-electron chi connectivity index (χ3n) is 5.73. The van der Waals surface area contributed by atoms with Gasteiger partial charge in [-0.3, -0.25) is 9.78 Å². The number of nitrogens with zero attached hydrogens (tertiary/aromatic N) is 3. The number of H-pyrrole nitrogens is 1. The summed E-state index contributed by atoms with van der Waals surface area (Å²) in [5.74, 6) is -0.465. The zero-order valence-corrected chi connectivity index (χ0v) is 15.4. The number of para-hydroxylation sites is 1. The quantitative estimate of drug-likeness (QED) is 0.576. The van der Waals surface area contributed by atoms with E-state index in [1.54, 1.807) is 17.4 Å². The first-order chi connectivity index (χ1) is 13.7. The summed E-state index contributed by atoms with van der Waals surface area (Å²) in [6, 6.07) is 15.3. The summed E-state index contributed by atoms with van der Waals surface area (Å²) in [6.07, 6.45) is 3.07. The molecule has 1 amide bonds. The molecule has 5 rings (SSSR count). The molecule has 2 aromatic heterocycles. The van der Waals surface area contributed by atoms with Crippen LogP contribution in [0.4, 0.5) is 5.69 Å². The molecule has 3 unspecified atom stereocenters. The smallest absolute Gasteiger partial charge is 0.256 e. The highest BCUT2D eigenvalue weighted by Crippen LogP contribution is 2.45. The van der Waals surface area contributed by atoms with Crippen LogP contribution in [0.1, 0.15) is 24.9 Å². The van der Waals surface area contributed by atoms with E-state index in [1.165, 1.54) is 0 Å². The maximum absolute atomic E-state index is 13.1. The minimum Gasteiger partial charge on any atom is -0.383 e. The second-order valence-corrected chi connectivity index (χ2v) is 7.19. The van der Waals surface area contributed by atoms with E-state index in [0.717, 1.165) is 33.2 Å². The minimum absolute atomic E-state index is 0.198. The number of aromatic amines is 1. The van der Waals surface area contributed by atoms with Crippen LogP contribution in [0.15, 0.2) is 61.1 Å². The van der Waals surface area contributed by atoms with Gasteiger partial charge in [-0.15, -0.1) is 0 Å². The number of imidazole rings is 1. The number of carbonyl (C=O) groups excluding carboxylic acids is 1. The first-order valence-electron chi connectivity index (χ1n) is 9.47. The summed E-state index contributed by atoms with van der Waals surface area (Å²) < 4.78 is 0. The number of aromatic nitrogens is 3. The van der Waals surface area contributed by atoms with Gasteiger partial charge in [-0.05, 0) is 42.3 Å². The molecule has 28 heavy (non-hydrogen) atoms. The number of pyridine rings is 1. The zero-order chi connectivity index (χ0) is 19.3. The van der Waals surface area contributed by atoms with E-state index in [9.17, 15) is 9.90 Å². The summed E-state index contributed by atoms with van der Waals surface area (Å²) in [7, 11) is 0. The molecule has 2 aromatic carbocycles. The van der Waals surface area contributed by atoms with E-state index in [2.05, 4.69) is 15.0 Å². The Morgan fingerprint density at radius 1 is 1.11 bits per heavy atom. The number of benzene rings is 2. The van der Waals surface area contributed by atoms with Crippen molar-refractivity contribution in [3.8, 4) is 0 Å². The predicted octanol–water partition coefficient (Wildman–Crippen LogP) is 3.59. The standard InChI is InChI=1S/C22H20N4O2/c1-2-14-20(16-9-10-23-17-6-4-3-5-15(16)17)26(22(28)21(14)27)13-7-8-18-19(11-13)25-12-24-18/h3-12,14,20-21,27H,2H2,1H3,(H,24,25). The molecule has 4 aromatic rings. The van der Waals surface area contributed by atoms with Crippen molar-refractivity contribution in [2.75, 3.05) is 4.90 Å². The number of aliphatic hydroxyl groups is 1. The van der Waals surface area contributed by atoms with E-state index in [-0.39, 0.29) is 17.9 Å². The Hall–Kier alpha value is -3.25. The molecule has 2 N–H and O–H groups in total. The number of rotatable bonds is 3. The zero-order valence-electron chi connectivity index (χ0n) is 15.4. The SMILES string of the molecule is CCC1C(O)C(=O)N(c2ccc3nc[nH]c3c2)C1c1ccnc2ccccc12. The summed E-state index contributed by atoms with van der Waals surface area (Å²) >= 11 is 0. The van der Waals surface area contributed by atoms with Crippen LogP contribution in [0.2, 0.25) is 0 Å². The van der Waals surface area contributed by atoms with Gasteiger partial charge < -0.3 is 15.0 Å². The van der Waals surface area contributed by atoms with E-state index in [0.29, 0.717) is 6.42 Å².